The van der Waals surface area contributed by atoms with Crippen molar-refractivity contribution in [3.8, 4) is 0 Å². The third-order valence-electron chi connectivity index (χ3n) is 3.22. The second kappa shape index (κ2) is 7.05. The molecule has 1 atom stereocenters. The summed E-state index contributed by atoms with van der Waals surface area (Å²) in [6.07, 6.45) is 2.28. The highest BCUT2D eigenvalue weighted by Crippen LogP contribution is 2.18. The zero-order valence-corrected chi connectivity index (χ0v) is 12.7. The molecule has 0 radical (unpaired) electrons. The van der Waals surface area contributed by atoms with Crippen LogP contribution in [0.5, 0.6) is 0 Å². The van der Waals surface area contributed by atoms with Gasteiger partial charge in [0.2, 0.25) is 17.8 Å². The first kappa shape index (κ1) is 15.3. The molecule has 1 fully saturated rings. The zero-order chi connectivity index (χ0) is 15.2. The molecule has 8 heteroatoms. The lowest BCUT2D eigenvalue weighted by Gasteiger charge is -2.18. The van der Waals surface area contributed by atoms with Gasteiger partial charge in [0.1, 0.15) is 6.04 Å². The smallest absolute Gasteiger partial charge is 0.328 e. The summed E-state index contributed by atoms with van der Waals surface area (Å²) in [5.74, 6) is 1.15. The van der Waals surface area contributed by atoms with E-state index in [9.17, 15) is 4.79 Å². The van der Waals surface area contributed by atoms with Crippen LogP contribution in [0.3, 0.4) is 0 Å². The van der Waals surface area contributed by atoms with Gasteiger partial charge in [-0.3, -0.25) is 0 Å². The average molecular weight is 294 g/mol. The van der Waals surface area contributed by atoms with Crippen LogP contribution in [0.2, 0.25) is 0 Å². The van der Waals surface area contributed by atoms with E-state index in [0.717, 1.165) is 25.9 Å². The summed E-state index contributed by atoms with van der Waals surface area (Å²) in [6.45, 7) is 5.73. The number of nitrogens with zero attached hydrogens (tertiary/aromatic N) is 4. The Labute approximate surface area is 124 Å². The zero-order valence-electron chi connectivity index (χ0n) is 12.7. The molecule has 1 aromatic rings. The molecule has 1 aromatic heterocycles. The van der Waals surface area contributed by atoms with Crippen LogP contribution in [-0.2, 0) is 9.53 Å². The number of carbonyl (C=O) groups excluding carboxylic acids is 1. The van der Waals surface area contributed by atoms with Gasteiger partial charge in [-0.2, -0.15) is 15.0 Å². The lowest BCUT2D eigenvalue weighted by atomic mass is 10.3. The molecule has 1 aliphatic heterocycles. The second-order valence-corrected chi connectivity index (χ2v) is 4.84. The number of hydrogen-bond donors (Lipinski definition) is 2. The monoisotopic (exact) mass is 294 g/mol. The number of rotatable bonds is 6. The molecule has 2 heterocycles. The highest BCUT2D eigenvalue weighted by molar-refractivity contribution is 5.78. The van der Waals surface area contributed by atoms with Crippen molar-refractivity contribution in [1.82, 2.24) is 15.0 Å². The number of ether oxygens (including phenoxy) is 1. The van der Waals surface area contributed by atoms with Gasteiger partial charge in [0.15, 0.2) is 0 Å². The first-order valence-electron chi connectivity index (χ1n) is 7.26. The summed E-state index contributed by atoms with van der Waals surface area (Å²) in [4.78, 5) is 26.8. The minimum atomic E-state index is -0.511. The Morgan fingerprint density at radius 1 is 1.29 bits per heavy atom. The van der Waals surface area contributed by atoms with Gasteiger partial charge in [0.25, 0.3) is 0 Å². The van der Waals surface area contributed by atoms with Crippen LogP contribution in [0.15, 0.2) is 0 Å². The van der Waals surface area contributed by atoms with Crippen molar-refractivity contribution in [3.63, 3.8) is 0 Å². The maximum atomic E-state index is 11.7. The fourth-order valence-corrected chi connectivity index (χ4v) is 2.12. The van der Waals surface area contributed by atoms with Crippen LogP contribution in [0.25, 0.3) is 0 Å². The molecule has 2 rings (SSSR count). The molecule has 0 bridgehead atoms. The number of esters is 1. The fourth-order valence-electron chi connectivity index (χ4n) is 2.12. The Hall–Kier alpha value is -2.12. The molecule has 1 saturated heterocycles. The van der Waals surface area contributed by atoms with E-state index in [0.29, 0.717) is 24.5 Å². The summed E-state index contributed by atoms with van der Waals surface area (Å²) in [5.41, 5.74) is 0. The molecule has 116 valence electrons. The van der Waals surface area contributed by atoms with E-state index < -0.39 is 6.04 Å². The topological polar surface area (TPSA) is 92.3 Å². The van der Waals surface area contributed by atoms with E-state index in [1.165, 1.54) is 0 Å². The molecule has 0 saturated carbocycles. The highest BCUT2D eigenvalue weighted by Gasteiger charge is 2.19. The van der Waals surface area contributed by atoms with Crippen LogP contribution in [0.1, 0.15) is 26.7 Å². The minimum Gasteiger partial charge on any atom is -0.464 e. The molecule has 21 heavy (non-hydrogen) atoms. The Balaban J connectivity index is 2.14. The highest BCUT2D eigenvalue weighted by atomic mass is 16.5. The standard InChI is InChI=1S/C13H22N6O2/c1-4-21-10(20)9(2)15-12-16-11(14-3)17-13(18-12)19-7-5-6-8-19/h9H,4-8H2,1-3H3,(H2,14,15,16,17,18). The third-order valence-corrected chi connectivity index (χ3v) is 3.22. The van der Waals surface area contributed by atoms with E-state index in [1.54, 1.807) is 20.9 Å². The number of nitrogens with one attached hydrogen (secondary N) is 2. The van der Waals surface area contributed by atoms with Crippen molar-refractivity contribution in [3.05, 3.63) is 0 Å². The first-order chi connectivity index (χ1) is 10.1. The Morgan fingerprint density at radius 3 is 2.57 bits per heavy atom. The summed E-state index contributed by atoms with van der Waals surface area (Å²) in [5, 5.41) is 5.88. The molecule has 0 aromatic carbocycles. The molecule has 2 N–H and O–H groups in total. The van der Waals surface area contributed by atoms with Crippen molar-refractivity contribution in [2.45, 2.75) is 32.7 Å². The van der Waals surface area contributed by atoms with Gasteiger partial charge in [0.05, 0.1) is 6.61 Å². The fraction of sp³-hybridized carbons (Fsp3) is 0.692. The predicted octanol–water partition coefficient (Wildman–Crippen LogP) is 0.877. The molecular weight excluding hydrogens is 272 g/mol. The third kappa shape index (κ3) is 3.93. The summed E-state index contributed by atoms with van der Waals surface area (Å²) in [6, 6.07) is -0.511. The number of aromatic nitrogens is 3. The molecule has 1 unspecified atom stereocenters. The average Bonchev–Trinajstić information content (AvgIpc) is 3.01. The van der Waals surface area contributed by atoms with Crippen LogP contribution in [-0.4, -0.2) is 53.7 Å². The number of anilines is 3. The minimum absolute atomic E-state index is 0.327. The van der Waals surface area contributed by atoms with E-state index in [1.807, 2.05) is 0 Å². The van der Waals surface area contributed by atoms with E-state index in [4.69, 9.17) is 4.74 Å². The van der Waals surface area contributed by atoms with E-state index in [2.05, 4.69) is 30.5 Å². The van der Waals surface area contributed by atoms with Gasteiger partial charge >= 0.3 is 5.97 Å². The molecule has 0 aliphatic carbocycles. The summed E-state index contributed by atoms with van der Waals surface area (Å²) >= 11 is 0. The molecule has 0 spiro atoms. The normalized spacial score (nSPS) is 15.7. The lowest BCUT2D eigenvalue weighted by molar-refractivity contribution is -0.143. The maximum Gasteiger partial charge on any atom is 0.328 e. The SMILES string of the molecule is CCOC(=O)C(C)Nc1nc(NC)nc(N2CCCC2)n1. The molecule has 8 nitrogen and oxygen atoms in total. The van der Waals surface area contributed by atoms with E-state index in [-0.39, 0.29) is 5.97 Å². The quantitative estimate of drug-likeness (QED) is 0.747. The maximum absolute atomic E-state index is 11.7. The van der Waals surface area contributed by atoms with Crippen LogP contribution >= 0.6 is 0 Å². The van der Waals surface area contributed by atoms with Gasteiger partial charge in [-0.1, -0.05) is 0 Å². The summed E-state index contributed by atoms with van der Waals surface area (Å²) in [7, 11) is 1.75. The predicted molar refractivity (Wildman–Crippen MR) is 80.5 cm³/mol. The van der Waals surface area contributed by atoms with Crippen molar-refractivity contribution < 1.29 is 9.53 Å². The van der Waals surface area contributed by atoms with Crippen LogP contribution in [0, 0.1) is 0 Å². The molecule has 0 amide bonds. The Kier molecular flexibility index (Phi) is 5.13. The van der Waals surface area contributed by atoms with Crippen LogP contribution < -0.4 is 15.5 Å². The van der Waals surface area contributed by atoms with Crippen molar-refractivity contribution >= 4 is 23.8 Å². The second-order valence-electron chi connectivity index (χ2n) is 4.84. The Morgan fingerprint density at radius 2 is 1.95 bits per heavy atom. The Bertz CT molecular complexity index is 490. The lowest BCUT2D eigenvalue weighted by Crippen LogP contribution is -2.30. The first-order valence-corrected chi connectivity index (χ1v) is 7.26. The van der Waals surface area contributed by atoms with Crippen LogP contribution in [0.4, 0.5) is 17.8 Å². The number of carbonyl (C=O) groups is 1. The largest absolute Gasteiger partial charge is 0.464 e. The van der Waals surface area contributed by atoms with Crippen molar-refractivity contribution in [2.24, 2.45) is 0 Å². The van der Waals surface area contributed by atoms with Gasteiger partial charge in [-0.25, -0.2) is 4.79 Å². The van der Waals surface area contributed by atoms with Gasteiger partial charge < -0.3 is 20.3 Å². The van der Waals surface area contributed by atoms with Gasteiger partial charge in [-0.15, -0.1) is 0 Å². The number of hydrogen-bond acceptors (Lipinski definition) is 8. The summed E-state index contributed by atoms with van der Waals surface area (Å²) < 4.78 is 4.96. The van der Waals surface area contributed by atoms with E-state index >= 15 is 0 Å². The van der Waals surface area contributed by atoms with Crippen molar-refractivity contribution in [1.29, 1.82) is 0 Å². The van der Waals surface area contributed by atoms with Crippen molar-refractivity contribution in [2.75, 3.05) is 42.3 Å². The van der Waals surface area contributed by atoms with Gasteiger partial charge in [0, 0.05) is 20.1 Å². The molecule has 1 aliphatic rings. The van der Waals surface area contributed by atoms with Gasteiger partial charge in [-0.05, 0) is 26.7 Å². The molecular formula is C13H22N6O2.